The Bertz CT molecular complexity index is 899. The minimum atomic E-state index is -2.98. The molecule has 1 aliphatic carbocycles. The van der Waals surface area contributed by atoms with Crippen molar-refractivity contribution >= 4 is 17.7 Å². The molecule has 150 valence electrons. The molecule has 1 atom stereocenters. The molecule has 1 aromatic carbocycles. The lowest BCUT2D eigenvalue weighted by molar-refractivity contribution is -0.126. The average molecular weight is 411 g/mol. The van der Waals surface area contributed by atoms with Gasteiger partial charge in [-0.25, -0.2) is 4.39 Å². The van der Waals surface area contributed by atoms with Crippen LogP contribution in [0.25, 0.3) is 11.3 Å². The number of thioether (sulfide) groups is 1. The molecule has 9 heteroatoms. The molecular formula is C19H20F3N3O2S. The molecule has 1 saturated heterocycles. The molecule has 2 heterocycles. The standard InChI is InChI=1S/C19H20F3N3O2S/c1-19(8-28-9-19)23-17(26)10-2-4-12-15(6-10)24-25-16(12)13-7-11(27-18(21)22)3-5-14(13)20/h3,5,7,10,18H,2,4,6,8-9H2,1H3,(H,23,26)(H,24,25)/t10-/m1/s1. The molecule has 1 aliphatic heterocycles. The number of ether oxygens (including phenoxy) is 1. The van der Waals surface area contributed by atoms with Crippen LogP contribution in [0.2, 0.25) is 0 Å². The summed E-state index contributed by atoms with van der Waals surface area (Å²) in [6.07, 6.45) is 1.68. The van der Waals surface area contributed by atoms with Gasteiger partial charge in [0.15, 0.2) is 0 Å². The van der Waals surface area contributed by atoms with E-state index in [1.54, 1.807) is 11.8 Å². The Labute approximate surface area is 164 Å². The smallest absolute Gasteiger partial charge is 0.387 e. The number of fused-ring (bicyclic) bond motifs is 1. The summed E-state index contributed by atoms with van der Waals surface area (Å²) in [5.41, 5.74) is 1.97. The third kappa shape index (κ3) is 3.72. The van der Waals surface area contributed by atoms with Crippen LogP contribution in [0.5, 0.6) is 5.75 Å². The summed E-state index contributed by atoms with van der Waals surface area (Å²) < 4.78 is 43.6. The third-order valence-electron chi connectivity index (χ3n) is 5.20. The fraction of sp³-hybridized carbons (Fsp3) is 0.474. The molecule has 28 heavy (non-hydrogen) atoms. The topological polar surface area (TPSA) is 67.0 Å². The lowest BCUT2D eigenvalue weighted by Gasteiger charge is -2.39. The Hall–Kier alpha value is -2.16. The number of hydrogen-bond acceptors (Lipinski definition) is 4. The maximum Gasteiger partial charge on any atom is 0.387 e. The zero-order valence-corrected chi connectivity index (χ0v) is 16.0. The minimum Gasteiger partial charge on any atom is -0.435 e. The SMILES string of the molecule is CC1(NC(=O)[C@@H]2CCc3c(-c4cc(OC(F)F)ccc4F)n[nH]c3C2)CSC1. The van der Waals surface area contributed by atoms with E-state index in [0.29, 0.717) is 25.0 Å². The maximum absolute atomic E-state index is 14.3. The van der Waals surface area contributed by atoms with Gasteiger partial charge < -0.3 is 10.1 Å². The van der Waals surface area contributed by atoms with Gasteiger partial charge in [0.25, 0.3) is 0 Å². The number of halogens is 3. The number of rotatable bonds is 5. The first-order chi connectivity index (χ1) is 13.3. The quantitative estimate of drug-likeness (QED) is 0.790. The van der Waals surface area contributed by atoms with Crippen LogP contribution in [-0.4, -0.2) is 39.8 Å². The summed E-state index contributed by atoms with van der Waals surface area (Å²) in [6, 6.07) is 3.47. The first-order valence-electron chi connectivity index (χ1n) is 9.05. The van der Waals surface area contributed by atoms with Crippen molar-refractivity contribution in [3.8, 4) is 17.0 Å². The van der Waals surface area contributed by atoms with Crippen molar-refractivity contribution < 1.29 is 22.7 Å². The van der Waals surface area contributed by atoms with Crippen LogP contribution in [0.1, 0.15) is 24.6 Å². The highest BCUT2D eigenvalue weighted by molar-refractivity contribution is 8.00. The Morgan fingerprint density at radius 1 is 1.43 bits per heavy atom. The molecule has 1 amide bonds. The first kappa shape index (κ1) is 19.2. The highest BCUT2D eigenvalue weighted by atomic mass is 32.2. The van der Waals surface area contributed by atoms with Crippen molar-refractivity contribution in [1.82, 2.24) is 15.5 Å². The van der Waals surface area contributed by atoms with Gasteiger partial charge in [0.05, 0.1) is 11.2 Å². The van der Waals surface area contributed by atoms with Crippen LogP contribution in [0, 0.1) is 11.7 Å². The van der Waals surface area contributed by atoms with Gasteiger partial charge in [-0.15, -0.1) is 0 Å². The van der Waals surface area contributed by atoms with Gasteiger partial charge in [-0.3, -0.25) is 9.89 Å². The van der Waals surface area contributed by atoms with Gasteiger partial charge >= 0.3 is 6.61 Å². The molecule has 4 rings (SSSR count). The molecule has 5 nitrogen and oxygen atoms in total. The number of alkyl halides is 2. The Morgan fingerprint density at radius 2 is 2.21 bits per heavy atom. The van der Waals surface area contributed by atoms with Gasteiger partial charge in [0.2, 0.25) is 5.91 Å². The Morgan fingerprint density at radius 3 is 2.89 bits per heavy atom. The molecule has 2 aromatic rings. The number of H-pyrrole nitrogens is 1. The summed E-state index contributed by atoms with van der Waals surface area (Å²) in [5, 5.41) is 10.2. The van der Waals surface area contributed by atoms with Crippen molar-refractivity contribution in [2.75, 3.05) is 11.5 Å². The number of aromatic nitrogens is 2. The van der Waals surface area contributed by atoms with E-state index in [0.717, 1.165) is 34.9 Å². The minimum absolute atomic E-state index is 0.0307. The molecule has 0 saturated carbocycles. The van der Waals surface area contributed by atoms with Crippen molar-refractivity contribution in [1.29, 1.82) is 0 Å². The average Bonchev–Trinajstić information content (AvgIpc) is 3.04. The van der Waals surface area contributed by atoms with Crippen LogP contribution in [0.15, 0.2) is 18.2 Å². The van der Waals surface area contributed by atoms with Crippen molar-refractivity contribution in [3.63, 3.8) is 0 Å². The van der Waals surface area contributed by atoms with Crippen LogP contribution >= 0.6 is 11.8 Å². The van der Waals surface area contributed by atoms with E-state index in [9.17, 15) is 18.0 Å². The predicted octanol–water partition coefficient (Wildman–Crippen LogP) is 3.54. The summed E-state index contributed by atoms with van der Waals surface area (Å²) in [7, 11) is 0. The number of benzene rings is 1. The second-order valence-corrected chi connectivity index (χ2v) is 8.52. The van der Waals surface area contributed by atoms with Gasteiger partial charge in [0, 0.05) is 40.7 Å². The normalized spacial score (nSPS) is 20.4. The number of nitrogens with zero attached hydrogens (tertiary/aromatic N) is 1. The van der Waals surface area contributed by atoms with E-state index in [-0.39, 0.29) is 28.7 Å². The van der Waals surface area contributed by atoms with Crippen LogP contribution in [0.4, 0.5) is 13.2 Å². The molecule has 2 aliphatic rings. The largest absolute Gasteiger partial charge is 0.435 e. The molecule has 0 spiro atoms. The third-order valence-corrected chi connectivity index (χ3v) is 6.88. The summed E-state index contributed by atoms with van der Waals surface area (Å²) >= 11 is 1.80. The molecule has 2 N–H and O–H groups in total. The second kappa shape index (κ2) is 7.35. The Balaban J connectivity index is 1.53. The number of carbonyl (C=O) groups is 1. The second-order valence-electron chi connectivity index (χ2n) is 7.53. The van der Waals surface area contributed by atoms with Crippen LogP contribution in [0.3, 0.4) is 0 Å². The van der Waals surface area contributed by atoms with Gasteiger partial charge in [-0.1, -0.05) is 0 Å². The van der Waals surface area contributed by atoms with E-state index in [1.807, 2.05) is 6.92 Å². The van der Waals surface area contributed by atoms with Crippen molar-refractivity contribution in [2.45, 2.75) is 38.3 Å². The number of amides is 1. The fourth-order valence-corrected chi connectivity index (χ4v) is 4.66. The molecule has 0 bridgehead atoms. The van der Waals surface area contributed by atoms with Crippen molar-refractivity contribution in [2.24, 2.45) is 5.92 Å². The molecule has 0 unspecified atom stereocenters. The van der Waals surface area contributed by atoms with E-state index in [1.165, 1.54) is 6.07 Å². The molecular weight excluding hydrogens is 391 g/mol. The maximum atomic E-state index is 14.3. The Kier molecular flexibility index (Phi) is 5.03. The van der Waals surface area contributed by atoms with Crippen molar-refractivity contribution in [3.05, 3.63) is 35.3 Å². The molecule has 1 fully saturated rings. The fourth-order valence-electron chi connectivity index (χ4n) is 3.69. The summed E-state index contributed by atoms with van der Waals surface area (Å²) in [5.74, 6) is 1.02. The number of carbonyl (C=O) groups excluding carboxylic acids is 1. The van der Waals surface area contributed by atoms with Gasteiger partial charge in [-0.05, 0) is 38.0 Å². The highest BCUT2D eigenvalue weighted by Crippen LogP contribution is 2.35. The van der Waals surface area contributed by atoms with E-state index in [4.69, 9.17) is 0 Å². The van der Waals surface area contributed by atoms with Crippen LogP contribution in [-0.2, 0) is 17.6 Å². The molecule has 0 radical (unpaired) electrons. The molecule has 1 aromatic heterocycles. The number of nitrogens with one attached hydrogen (secondary N) is 2. The van der Waals surface area contributed by atoms with E-state index < -0.39 is 12.4 Å². The predicted molar refractivity (Wildman–Crippen MR) is 100 cm³/mol. The number of aromatic amines is 1. The first-order valence-corrected chi connectivity index (χ1v) is 10.2. The summed E-state index contributed by atoms with van der Waals surface area (Å²) in [4.78, 5) is 12.6. The number of hydrogen-bond donors (Lipinski definition) is 2. The van der Waals surface area contributed by atoms with Gasteiger partial charge in [-0.2, -0.15) is 25.6 Å². The monoisotopic (exact) mass is 411 g/mol. The zero-order chi connectivity index (χ0) is 19.9. The van der Waals surface area contributed by atoms with E-state index in [2.05, 4.69) is 20.3 Å². The zero-order valence-electron chi connectivity index (χ0n) is 15.2. The van der Waals surface area contributed by atoms with Crippen LogP contribution < -0.4 is 10.1 Å². The lowest BCUT2D eigenvalue weighted by atomic mass is 9.85. The lowest BCUT2D eigenvalue weighted by Crippen LogP contribution is -2.57. The summed E-state index contributed by atoms with van der Waals surface area (Å²) in [6.45, 7) is -0.942. The van der Waals surface area contributed by atoms with E-state index >= 15 is 0 Å². The van der Waals surface area contributed by atoms with Gasteiger partial charge in [0.1, 0.15) is 11.6 Å². The highest BCUT2D eigenvalue weighted by Gasteiger charge is 2.37.